The van der Waals surface area contributed by atoms with Crippen LogP contribution in [0.15, 0.2) is 36.9 Å². The van der Waals surface area contributed by atoms with Crippen LogP contribution in [0.2, 0.25) is 0 Å². The van der Waals surface area contributed by atoms with Crippen molar-refractivity contribution in [3.63, 3.8) is 0 Å². The largest absolute Gasteiger partial charge is 0.488 e. The second-order valence-electron chi connectivity index (χ2n) is 4.55. The van der Waals surface area contributed by atoms with Gasteiger partial charge >= 0.3 is 0 Å². The summed E-state index contributed by atoms with van der Waals surface area (Å²) in [6.07, 6.45) is 5.25. The molecule has 1 N–H and O–H groups in total. The molecule has 1 aromatic carbocycles. The number of nitrogens with one attached hydrogen (secondary N) is 1. The van der Waals surface area contributed by atoms with Crippen LogP contribution in [0.5, 0.6) is 5.75 Å². The van der Waals surface area contributed by atoms with E-state index in [-0.39, 0.29) is 5.82 Å². The molecule has 0 saturated heterocycles. The summed E-state index contributed by atoms with van der Waals surface area (Å²) in [5.41, 5.74) is 0.803. The number of para-hydroxylation sites is 1. The summed E-state index contributed by atoms with van der Waals surface area (Å²) in [4.78, 5) is 3.95. The Morgan fingerprint density at radius 1 is 1.33 bits per heavy atom. The van der Waals surface area contributed by atoms with Crippen LogP contribution in [-0.2, 0) is 17.8 Å². The Kier molecular flexibility index (Phi) is 6.18. The van der Waals surface area contributed by atoms with Crippen molar-refractivity contribution in [3.05, 3.63) is 48.3 Å². The average Bonchev–Trinajstić information content (AvgIpc) is 2.99. The molecule has 2 aromatic rings. The molecule has 0 fully saturated rings. The first kappa shape index (κ1) is 15.5. The van der Waals surface area contributed by atoms with Gasteiger partial charge in [0.15, 0.2) is 11.6 Å². The Labute approximate surface area is 123 Å². The summed E-state index contributed by atoms with van der Waals surface area (Å²) in [6.45, 7) is 2.89. The first-order valence-corrected chi connectivity index (χ1v) is 6.87. The van der Waals surface area contributed by atoms with Gasteiger partial charge in [0.05, 0.1) is 19.5 Å². The number of aromatic nitrogens is 2. The van der Waals surface area contributed by atoms with Crippen molar-refractivity contribution in [1.82, 2.24) is 14.9 Å². The molecule has 2 rings (SSSR count). The molecule has 0 radical (unpaired) electrons. The van der Waals surface area contributed by atoms with Crippen LogP contribution in [0.1, 0.15) is 5.56 Å². The van der Waals surface area contributed by atoms with Gasteiger partial charge < -0.3 is 19.4 Å². The van der Waals surface area contributed by atoms with Gasteiger partial charge in [-0.2, -0.15) is 0 Å². The third-order valence-corrected chi connectivity index (χ3v) is 3.00. The van der Waals surface area contributed by atoms with Crippen molar-refractivity contribution in [2.75, 3.05) is 26.9 Å². The summed E-state index contributed by atoms with van der Waals surface area (Å²) in [7, 11) is 1.65. The average molecular weight is 293 g/mol. The predicted octanol–water partition coefficient (Wildman–Crippen LogP) is 1.84. The third kappa shape index (κ3) is 4.84. The minimum atomic E-state index is -0.341. The maximum absolute atomic E-state index is 13.9. The molecule has 114 valence electrons. The van der Waals surface area contributed by atoms with E-state index in [0.717, 1.165) is 5.56 Å². The highest BCUT2D eigenvalue weighted by Gasteiger charge is 2.09. The van der Waals surface area contributed by atoms with E-state index in [0.29, 0.717) is 38.6 Å². The maximum atomic E-state index is 13.9. The summed E-state index contributed by atoms with van der Waals surface area (Å²) >= 11 is 0. The molecule has 0 aliphatic rings. The van der Waals surface area contributed by atoms with Crippen LogP contribution in [0.3, 0.4) is 0 Å². The highest BCUT2D eigenvalue weighted by Crippen LogP contribution is 2.22. The van der Waals surface area contributed by atoms with Gasteiger partial charge in [0.25, 0.3) is 0 Å². The lowest BCUT2D eigenvalue weighted by atomic mass is 10.2. The van der Waals surface area contributed by atoms with E-state index in [1.807, 2.05) is 16.8 Å². The van der Waals surface area contributed by atoms with Crippen LogP contribution < -0.4 is 10.1 Å². The molecule has 0 aliphatic carbocycles. The van der Waals surface area contributed by atoms with Crippen LogP contribution in [0, 0.1) is 5.82 Å². The summed E-state index contributed by atoms with van der Waals surface area (Å²) in [5.74, 6) is -0.0331. The smallest absolute Gasteiger partial charge is 0.165 e. The lowest BCUT2D eigenvalue weighted by Crippen LogP contribution is -2.19. The molecular formula is C15H20FN3O2. The number of nitrogens with zero attached hydrogens (tertiary/aromatic N) is 2. The van der Waals surface area contributed by atoms with Crippen molar-refractivity contribution in [2.24, 2.45) is 0 Å². The van der Waals surface area contributed by atoms with Gasteiger partial charge in [0, 0.05) is 38.2 Å². The van der Waals surface area contributed by atoms with Crippen LogP contribution in [0.25, 0.3) is 0 Å². The zero-order valence-corrected chi connectivity index (χ0v) is 12.1. The number of rotatable bonds is 9. The Bertz CT molecular complexity index is 532. The topological polar surface area (TPSA) is 48.3 Å². The van der Waals surface area contributed by atoms with Crippen molar-refractivity contribution in [1.29, 1.82) is 0 Å². The number of imidazole rings is 1. The zero-order chi connectivity index (χ0) is 14.9. The van der Waals surface area contributed by atoms with Gasteiger partial charge in [-0.1, -0.05) is 12.1 Å². The molecule has 0 spiro atoms. The fraction of sp³-hybridized carbons (Fsp3) is 0.400. The lowest BCUT2D eigenvalue weighted by Gasteiger charge is -2.13. The monoisotopic (exact) mass is 293 g/mol. The van der Waals surface area contributed by atoms with E-state index in [1.54, 1.807) is 25.7 Å². The fourth-order valence-electron chi connectivity index (χ4n) is 1.92. The first-order valence-electron chi connectivity index (χ1n) is 6.87. The van der Waals surface area contributed by atoms with Gasteiger partial charge in [-0.15, -0.1) is 0 Å². The van der Waals surface area contributed by atoms with E-state index in [4.69, 9.17) is 9.47 Å². The highest BCUT2D eigenvalue weighted by atomic mass is 19.1. The van der Waals surface area contributed by atoms with Crippen molar-refractivity contribution < 1.29 is 13.9 Å². The molecular weight excluding hydrogens is 273 g/mol. The number of methoxy groups -OCH3 is 1. The van der Waals surface area contributed by atoms with E-state index in [2.05, 4.69) is 10.3 Å². The van der Waals surface area contributed by atoms with Crippen molar-refractivity contribution in [2.45, 2.75) is 13.1 Å². The minimum absolute atomic E-state index is 0.308. The molecule has 0 amide bonds. The Hall–Kier alpha value is -1.92. The number of hydrogen-bond donors (Lipinski definition) is 1. The standard InChI is InChI=1S/C15H20FN3O2/c1-20-9-6-17-11-13-3-2-4-14(16)15(13)21-10-8-19-7-5-18-12-19/h2-5,7,12,17H,6,8-11H2,1H3. The van der Waals surface area contributed by atoms with Crippen LogP contribution >= 0.6 is 0 Å². The van der Waals surface area contributed by atoms with Gasteiger partial charge in [0.2, 0.25) is 0 Å². The van der Waals surface area contributed by atoms with Gasteiger partial charge in [-0.05, 0) is 6.07 Å². The first-order chi connectivity index (χ1) is 10.3. The highest BCUT2D eigenvalue weighted by molar-refractivity contribution is 5.34. The SMILES string of the molecule is COCCNCc1cccc(F)c1OCCn1ccnc1. The number of halogens is 1. The summed E-state index contributed by atoms with van der Waals surface area (Å²) in [5, 5.41) is 3.19. The Morgan fingerprint density at radius 3 is 3.00 bits per heavy atom. The minimum Gasteiger partial charge on any atom is -0.488 e. The van der Waals surface area contributed by atoms with E-state index in [1.165, 1.54) is 6.07 Å². The number of benzene rings is 1. The second-order valence-corrected chi connectivity index (χ2v) is 4.55. The van der Waals surface area contributed by atoms with Crippen molar-refractivity contribution >= 4 is 0 Å². The molecule has 0 saturated carbocycles. The molecule has 6 heteroatoms. The Balaban J connectivity index is 1.90. The quantitative estimate of drug-likeness (QED) is 0.717. The normalized spacial score (nSPS) is 10.8. The van der Waals surface area contributed by atoms with E-state index >= 15 is 0 Å². The zero-order valence-electron chi connectivity index (χ0n) is 12.1. The van der Waals surface area contributed by atoms with E-state index in [9.17, 15) is 4.39 Å². The number of ether oxygens (including phenoxy) is 2. The van der Waals surface area contributed by atoms with Gasteiger partial charge in [-0.25, -0.2) is 9.37 Å². The third-order valence-electron chi connectivity index (χ3n) is 3.00. The predicted molar refractivity (Wildman–Crippen MR) is 77.7 cm³/mol. The summed E-state index contributed by atoms with van der Waals surface area (Å²) in [6, 6.07) is 4.95. The van der Waals surface area contributed by atoms with Gasteiger partial charge in [-0.3, -0.25) is 0 Å². The maximum Gasteiger partial charge on any atom is 0.165 e. The van der Waals surface area contributed by atoms with Gasteiger partial charge in [0.1, 0.15) is 6.61 Å². The lowest BCUT2D eigenvalue weighted by molar-refractivity contribution is 0.199. The number of hydrogen-bond acceptors (Lipinski definition) is 4. The molecule has 1 heterocycles. The molecule has 0 unspecified atom stereocenters. The molecule has 5 nitrogen and oxygen atoms in total. The second kappa shape index (κ2) is 8.39. The molecule has 1 aromatic heterocycles. The molecule has 0 aliphatic heterocycles. The van der Waals surface area contributed by atoms with Crippen LogP contribution in [-0.4, -0.2) is 36.4 Å². The summed E-state index contributed by atoms with van der Waals surface area (Å²) < 4.78 is 26.3. The Morgan fingerprint density at radius 2 is 2.24 bits per heavy atom. The molecule has 0 atom stereocenters. The van der Waals surface area contributed by atoms with Crippen LogP contribution in [0.4, 0.5) is 4.39 Å². The van der Waals surface area contributed by atoms with Crippen molar-refractivity contribution in [3.8, 4) is 5.75 Å². The fourth-order valence-corrected chi connectivity index (χ4v) is 1.92. The molecule has 21 heavy (non-hydrogen) atoms. The van der Waals surface area contributed by atoms with E-state index < -0.39 is 0 Å². The molecule has 0 bridgehead atoms.